The maximum absolute atomic E-state index is 12.2. The van der Waals surface area contributed by atoms with Crippen molar-refractivity contribution in [3.63, 3.8) is 0 Å². The van der Waals surface area contributed by atoms with Crippen LogP contribution in [-0.4, -0.2) is 40.6 Å². The third-order valence-corrected chi connectivity index (χ3v) is 4.48. The fourth-order valence-corrected chi connectivity index (χ4v) is 3.22. The number of nitrogens with zero attached hydrogens (tertiary/aromatic N) is 2. The van der Waals surface area contributed by atoms with Gasteiger partial charge in [0.15, 0.2) is 0 Å². The minimum absolute atomic E-state index is 0.257. The molecule has 2 amide bonds. The van der Waals surface area contributed by atoms with Gasteiger partial charge in [0, 0.05) is 17.0 Å². The minimum Gasteiger partial charge on any atom is -0.463 e. The first-order valence-corrected chi connectivity index (χ1v) is 9.06. The van der Waals surface area contributed by atoms with Gasteiger partial charge in [-0.25, -0.2) is 9.59 Å². The molecule has 1 aliphatic rings. The fraction of sp³-hybridized carbons (Fsp3) is 0.294. The summed E-state index contributed by atoms with van der Waals surface area (Å²) in [6.07, 6.45) is 0. The lowest BCUT2D eigenvalue weighted by Crippen LogP contribution is -2.49. The van der Waals surface area contributed by atoms with Crippen molar-refractivity contribution < 1.29 is 18.7 Å². The number of aromatic nitrogens is 2. The SMILES string of the molecule is CCOC(=O)C1=C(CSc2nnc(-c3ccccc3)o2)NC(=O)N[C@H]1C. The minimum atomic E-state index is -0.460. The molecule has 0 fully saturated rings. The number of urea groups is 1. The third kappa shape index (κ3) is 4.05. The van der Waals surface area contributed by atoms with E-state index in [0.29, 0.717) is 28.1 Å². The summed E-state index contributed by atoms with van der Waals surface area (Å²) in [6.45, 7) is 3.72. The average molecular weight is 374 g/mol. The average Bonchev–Trinajstić information content (AvgIpc) is 3.09. The number of nitrogens with one attached hydrogen (secondary N) is 2. The smallest absolute Gasteiger partial charge is 0.337 e. The number of hydrogen-bond acceptors (Lipinski definition) is 7. The van der Waals surface area contributed by atoms with Crippen LogP contribution in [0.2, 0.25) is 0 Å². The number of thioether (sulfide) groups is 1. The number of carbonyl (C=O) groups is 2. The van der Waals surface area contributed by atoms with Crippen molar-refractivity contribution in [2.45, 2.75) is 25.1 Å². The maximum atomic E-state index is 12.2. The highest BCUT2D eigenvalue weighted by Crippen LogP contribution is 2.26. The first kappa shape index (κ1) is 18.0. The molecule has 0 spiro atoms. The molecule has 136 valence electrons. The van der Waals surface area contributed by atoms with Crippen LogP contribution in [0.4, 0.5) is 4.79 Å². The summed E-state index contributed by atoms with van der Waals surface area (Å²) in [6, 6.07) is 8.61. The summed E-state index contributed by atoms with van der Waals surface area (Å²) < 4.78 is 10.7. The van der Waals surface area contributed by atoms with E-state index in [0.717, 1.165) is 5.56 Å². The van der Waals surface area contributed by atoms with E-state index in [4.69, 9.17) is 9.15 Å². The fourth-order valence-electron chi connectivity index (χ4n) is 2.49. The lowest BCUT2D eigenvalue weighted by molar-refractivity contribution is -0.138. The number of benzene rings is 1. The van der Waals surface area contributed by atoms with Crippen LogP contribution in [0, 0.1) is 0 Å². The lowest BCUT2D eigenvalue weighted by atomic mass is 10.1. The molecule has 0 unspecified atom stereocenters. The van der Waals surface area contributed by atoms with Gasteiger partial charge in [-0.3, -0.25) is 0 Å². The molecule has 0 bridgehead atoms. The molecule has 9 heteroatoms. The zero-order valence-electron chi connectivity index (χ0n) is 14.3. The second kappa shape index (κ2) is 8.05. The van der Waals surface area contributed by atoms with Crippen LogP contribution in [0.5, 0.6) is 0 Å². The Hall–Kier alpha value is -2.81. The van der Waals surface area contributed by atoms with Gasteiger partial charge in [-0.15, -0.1) is 10.2 Å². The second-order valence-corrected chi connectivity index (χ2v) is 6.39. The summed E-state index contributed by atoms with van der Waals surface area (Å²) in [4.78, 5) is 23.9. The summed E-state index contributed by atoms with van der Waals surface area (Å²) in [5, 5.41) is 13.7. The molecule has 2 N–H and O–H groups in total. The topological polar surface area (TPSA) is 106 Å². The van der Waals surface area contributed by atoms with Crippen molar-refractivity contribution in [2.75, 3.05) is 12.4 Å². The number of amides is 2. The van der Waals surface area contributed by atoms with Gasteiger partial charge in [-0.1, -0.05) is 30.0 Å². The van der Waals surface area contributed by atoms with E-state index in [1.807, 2.05) is 30.3 Å². The largest absolute Gasteiger partial charge is 0.463 e. The zero-order valence-corrected chi connectivity index (χ0v) is 15.1. The molecule has 1 aromatic carbocycles. The molecule has 2 heterocycles. The quantitative estimate of drug-likeness (QED) is 0.590. The lowest BCUT2D eigenvalue weighted by Gasteiger charge is -2.26. The molecule has 3 rings (SSSR count). The Balaban J connectivity index is 1.76. The van der Waals surface area contributed by atoms with Crippen molar-refractivity contribution in [1.82, 2.24) is 20.8 Å². The van der Waals surface area contributed by atoms with Gasteiger partial charge in [0.1, 0.15) is 0 Å². The molecule has 26 heavy (non-hydrogen) atoms. The zero-order chi connectivity index (χ0) is 18.5. The van der Waals surface area contributed by atoms with Crippen LogP contribution in [0.15, 0.2) is 51.2 Å². The Labute approximate surface area is 154 Å². The van der Waals surface area contributed by atoms with E-state index in [1.165, 1.54) is 11.8 Å². The Morgan fingerprint density at radius 3 is 2.81 bits per heavy atom. The van der Waals surface area contributed by atoms with Crippen LogP contribution in [-0.2, 0) is 9.53 Å². The predicted molar refractivity (Wildman–Crippen MR) is 95.2 cm³/mol. The highest BCUT2D eigenvalue weighted by molar-refractivity contribution is 7.99. The Morgan fingerprint density at radius 2 is 2.08 bits per heavy atom. The van der Waals surface area contributed by atoms with Gasteiger partial charge >= 0.3 is 12.0 Å². The molecular formula is C17H18N4O4S. The van der Waals surface area contributed by atoms with Gasteiger partial charge in [-0.2, -0.15) is 0 Å². The van der Waals surface area contributed by atoms with E-state index >= 15 is 0 Å². The van der Waals surface area contributed by atoms with Crippen LogP contribution in [0.1, 0.15) is 13.8 Å². The maximum Gasteiger partial charge on any atom is 0.337 e. The predicted octanol–water partition coefficient (Wildman–Crippen LogP) is 2.35. The molecule has 8 nitrogen and oxygen atoms in total. The van der Waals surface area contributed by atoms with Gasteiger partial charge in [0.2, 0.25) is 5.89 Å². The van der Waals surface area contributed by atoms with E-state index in [1.54, 1.807) is 13.8 Å². The Bertz CT molecular complexity index is 834. The molecule has 1 aliphatic heterocycles. The second-order valence-electron chi connectivity index (χ2n) is 5.46. The third-order valence-electron chi connectivity index (χ3n) is 3.63. The van der Waals surface area contributed by atoms with Crippen molar-refractivity contribution >= 4 is 23.8 Å². The summed E-state index contributed by atoms with van der Waals surface area (Å²) in [7, 11) is 0. The number of rotatable bonds is 6. The number of carbonyl (C=O) groups excluding carboxylic acids is 2. The Kier molecular flexibility index (Phi) is 5.57. The van der Waals surface area contributed by atoms with Gasteiger partial charge in [0.25, 0.3) is 5.22 Å². The van der Waals surface area contributed by atoms with E-state index in [-0.39, 0.29) is 12.6 Å². The molecule has 0 saturated heterocycles. The normalized spacial score (nSPS) is 16.8. The molecule has 1 aromatic heterocycles. The molecular weight excluding hydrogens is 356 g/mol. The van der Waals surface area contributed by atoms with Crippen molar-refractivity contribution in [1.29, 1.82) is 0 Å². The first-order valence-electron chi connectivity index (χ1n) is 8.08. The van der Waals surface area contributed by atoms with Crippen LogP contribution in [0.25, 0.3) is 11.5 Å². The molecule has 0 radical (unpaired) electrons. The van der Waals surface area contributed by atoms with Crippen molar-refractivity contribution in [3.8, 4) is 11.5 Å². The van der Waals surface area contributed by atoms with Crippen LogP contribution < -0.4 is 10.6 Å². The van der Waals surface area contributed by atoms with Gasteiger partial charge < -0.3 is 19.8 Å². The molecule has 2 aromatic rings. The summed E-state index contributed by atoms with van der Waals surface area (Å²) >= 11 is 1.24. The van der Waals surface area contributed by atoms with E-state index in [9.17, 15) is 9.59 Å². The molecule has 0 saturated carbocycles. The Morgan fingerprint density at radius 1 is 1.31 bits per heavy atom. The first-order chi connectivity index (χ1) is 12.6. The van der Waals surface area contributed by atoms with Crippen molar-refractivity contribution in [2.24, 2.45) is 0 Å². The monoisotopic (exact) mass is 374 g/mol. The highest BCUT2D eigenvalue weighted by Gasteiger charge is 2.29. The van der Waals surface area contributed by atoms with Crippen molar-refractivity contribution in [3.05, 3.63) is 41.6 Å². The summed E-state index contributed by atoms with van der Waals surface area (Å²) in [5.41, 5.74) is 1.69. The van der Waals surface area contributed by atoms with E-state index in [2.05, 4.69) is 20.8 Å². The number of esters is 1. The van der Waals surface area contributed by atoms with E-state index < -0.39 is 12.0 Å². The number of hydrogen-bond donors (Lipinski definition) is 2. The highest BCUT2D eigenvalue weighted by atomic mass is 32.2. The van der Waals surface area contributed by atoms with Crippen LogP contribution in [0.3, 0.4) is 0 Å². The standard InChI is InChI=1S/C17H18N4O4S/c1-3-24-15(22)13-10(2)18-16(23)19-12(13)9-26-17-21-20-14(25-17)11-7-5-4-6-8-11/h4-8,10H,3,9H2,1-2H3,(H2,18,19,23)/t10-/m0/s1. The molecule has 0 aliphatic carbocycles. The summed E-state index contributed by atoms with van der Waals surface area (Å²) in [5.74, 6) is 0.247. The van der Waals surface area contributed by atoms with Gasteiger partial charge in [0.05, 0.1) is 18.2 Å². The van der Waals surface area contributed by atoms with Crippen LogP contribution >= 0.6 is 11.8 Å². The number of ether oxygens (including phenoxy) is 1. The van der Waals surface area contributed by atoms with Gasteiger partial charge in [-0.05, 0) is 26.0 Å². The molecule has 1 atom stereocenters.